The Labute approximate surface area is 149 Å². The van der Waals surface area contributed by atoms with Crippen molar-refractivity contribution in [2.75, 3.05) is 6.54 Å². The van der Waals surface area contributed by atoms with Crippen molar-refractivity contribution in [3.8, 4) is 0 Å². The lowest BCUT2D eigenvalue weighted by Crippen LogP contribution is -2.47. The average molecular weight is 352 g/mol. The molecule has 0 unspecified atom stereocenters. The summed E-state index contributed by atoms with van der Waals surface area (Å²) in [5, 5.41) is 11.7. The van der Waals surface area contributed by atoms with Gasteiger partial charge in [-0.15, -0.1) is 0 Å². The molecule has 3 amide bonds. The summed E-state index contributed by atoms with van der Waals surface area (Å²) >= 11 is 0. The molecule has 1 aliphatic rings. The van der Waals surface area contributed by atoms with Crippen LogP contribution in [0, 0.1) is 0 Å². The number of carboxylic acids is 1. The maximum Gasteiger partial charge on any atom is 0.326 e. The molecule has 3 rings (SSSR count). The first-order valence-corrected chi connectivity index (χ1v) is 7.98. The van der Waals surface area contributed by atoms with Gasteiger partial charge in [-0.2, -0.15) is 0 Å². The van der Waals surface area contributed by atoms with E-state index >= 15 is 0 Å². The first kappa shape index (κ1) is 17.3. The maximum absolute atomic E-state index is 12.3. The van der Waals surface area contributed by atoms with Crippen molar-refractivity contribution in [2.24, 2.45) is 0 Å². The molecule has 0 saturated heterocycles. The number of benzene rings is 2. The minimum Gasteiger partial charge on any atom is -0.480 e. The van der Waals surface area contributed by atoms with Crippen molar-refractivity contribution in [1.29, 1.82) is 0 Å². The molecule has 132 valence electrons. The number of nitrogens with one attached hydrogen (secondary N) is 1. The van der Waals surface area contributed by atoms with Gasteiger partial charge in [-0.1, -0.05) is 42.5 Å². The van der Waals surface area contributed by atoms with E-state index in [0.29, 0.717) is 0 Å². The molecular weight excluding hydrogens is 336 g/mol. The predicted octanol–water partition coefficient (Wildman–Crippen LogP) is 1.09. The van der Waals surface area contributed by atoms with Gasteiger partial charge in [-0.05, 0) is 17.7 Å². The highest BCUT2D eigenvalue weighted by molar-refractivity contribution is 6.22. The quantitative estimate of drug-likeness (QED) is 0.758. The number of carbonyl (C=O) groups excluding carboxylic acids is 3. The normalized spacial score (nSPS) is 14.1. The first-order chi connectivity index (χ1) is 12.5. The summed E-state index contributed by atoms with van der Waals surface area (Å²) < 4.78 is 0. The lowest BCUT2D eigenvalue weighted by molar-refractivity contribution is -0.141. The number of aliphatic carboxylic acids is 1. The SMILES string of the molecule is O=C(CN1C(=O)c2ccccc2C1=O)N[C@@H](Cc1ccccc1)C(=O)O. The van der Waals surface area contributed by atoms with Crippen molar-refractivity contribution >= 4 is 23.7 Å². The molecule has 2 N–H and O–H groups in total. The van der Waals surface area contributed by atoms with Gasteiger partial charge in [0, 0.05) is 6.42 Å². The summed E-state index contributed by atoms with van der Waals surface area (Å²) in [5.41, 5.74) is 1.23. The molecule has 0 fully saturated rings. The van der Waals surface area contributed by atoms with Gasteiger partial charge in [0.2, 0.25) is 5.91 Å². The fraction of sp³-hybridized carbons (Fsp3) is 0.158. The highest BCUT2D eigenvalue weighted by Crippen LogP contribution is 2.21. The standard InChI is InChI=1S/C19H16N2O5/c22-16(20-15(19(25)26)10-12-6-2-1-3-7-12)11-21-17(23)13-8-4-5-9-14(13)18(21)24/h1-9,15H,10-11H2,(H,20,22)(H,25,26)/t15-/m0/s1. The fourth-order valence-corrected chi connectivity index (χ4v) is 2.82. The molecule has 7 nitrogen and oxygen atoms in total. The van der Waals surface area contributed by atoms with Crippen molar-refractivity contribution in [3.63, 3.8) is 0 Å². The molecule has 0 aliphatic carbocycles. The molecule has 2 aromatic carbocycles. The summed E-state index contributed by atoms with van der Waals surface area (Å²) in [6.45, 7) is -0.523. The Hall–Kier alpha value is -3.48. The monoisotopic (exact) mass is 352 g/mol. The maximum atomic E-state index is 12.3. The summed E-state index contributed by atoms with van der Waals surface area (Å²) in [5.74, 6) is -3.02. The molecule has 0 aromatic heterocycles. The molecule has 1 aliphatic heterocycles. The smallest absolute Gasteiger partial charge is 0.326 e. The van der Waals surface area contributed by atoms with Crippen LogP contribution in [0.5, 0.6) is 0 Å². The number of hydrogen-bond donors (Lipinski definition) is 2. The van der Waals surface area contributed by atoms with Gasteiger partial charge in [0.15, 0.2) is 0 Å². The Kier molecular flexibility index (Phi) is 4.79. The Bertz CT molecular complexity index is 844. The molecule has 0 saturated carbocycles. The van der Waals surface area contributed by atoms with Gasteiger partial charge in [0.1, 0.15) is 12.6 Å². The van der Waals surface area contributed by atoms with Gasteiger partial charge < -0.3 is 10.4 Å². The minimum atomic E-state index is -1.19. The third kappa shape index (κ3) is 3.46. The van der Waals surface area contributed by atoms with Crippen molar-refractivity contribution in [2.45, 2.75) is 12.5 Å². The lowest BCUT2D eigenvalue weighted by Gasteiger charge is -2.18. The predicted molar refractivity (Wildman–Crippen MR) is 91.5 cm³/mol. The second-order valence-corrected chi connectivity index (χ2v) is 5.89. The van der Waals surface area contributed by atoms with E-state index in [0.717, 1.165) is 10.5 Å². The van der Waals surface area contributed by atoms with E-state index in [2.05, 4.69) is 5.32 Å². The van der Waals surface area contributed by atoms with Crippen LogP contribution in [0.3, 0.4) is 0 Å². The van der Waals surface area contributed by atoms with Crippen molar-refractivity contribution in [3.05, 3.63) is 71.3 Å². The number of imide groups is 1. The van der Waals surface area contributed by atoms with E-state index in [9.17, 15) is 24.3 Å². The van der Waals surface area contributed by atoms with E-state index in [1.54, 1.807) is 42.5 Å². The molecule has 0 radical (unpaired) electrons. The van der Waals surface area contributed by atoms with Gasteiger partial charge in [0.05, 0.1) is 11.1 Å². The van der Waals surface area contributed by atoms with Gasteiger partial charge in [-0.3, -0.25) is 19.3 Å². The van der Waals surface area contributed by atoms with E-state index in [1.807, 2.05) is 0 Å². The van der Waals surface area contributed by atoms with Crippen LogP contribution in [0.25, 0.3) is 0 Å². The van der Waals surface area contributed by atoms with Gasteiger partial charge in [-0.25, -0.2) is 4.79 Å². The van der Waals surface area contributed by atoms with Crippen LogP contribution in [0.2, 0.25) is 0 Å². The zero-order chi connectivity index (χ0) is 18.7. The zero-order valence-electron chi connectivity index (χ0n) is 13.7. The number of hydrogen-bond acceptors (Lipinski definition) is 4. The largest absolute Gasteiger partial charge is 0.480 e. The van der Waals surface area contributed by atoms with E-state index < -0.39 is 36.3 Å². The minimum absolute atomic E-state index is 0.101. The first-order valence-electron chi connectivity index (χ1n) is 7.98. The molecule has 0 spiro atoms. The van der Waals surface area contributed by atoms with Crippen molar-refractivity contribution < 1.29 is 24.3 Å². The summed E-state index contributed by atoms with van der Waals surface area (Å²) in [4.78, 5) is 49.0. The number of nitrogens with zero attached hydrogens (tertiary/aromatic N) is 1. The van der Waals surface area contributed by atoms with Crippen LogP contribution < -0.4 is 5.32 Å². The number of carbonyl (C=O) groups is 4. The summed E-state index contributed by atoms with van der Waals surface area (Å²) in [7, 11) is 0. The Morgan fingerprint density at radius 1 is 0.923 bits per heavy atom. The fourth-order valence-electron chi connectivity index (χ4n) is 2.82. The van der Waals surface area contributed by atoms with Crippen LogP contribution in [0.15, 0.2) is 54.6 Å². The molecule has 7 heteroatoms. The summed E-state index contributed by atoms with van der Waals surface area (Å²) in [6, 6.07) is 14.0. The second kappa shape index (κ2) is 7.18. The topological polar surface area (TPSA) is 104 Å². The highest BCUT2D eigenvalue weighted by Gasteiger charge is 2.36. The molecule has 1 atom stereocenters. The summed E-state index contributed by atoms with van der Waals surface area (Å²) in [6.07, 6.45) is 0.101. The molecule has 0 bridgehead atoms. The number of fused-ring (bicyclic) bond motifs is 1. The average Bonchev–Trinajstić information content (AvgIpc) is 2.87. The van der Waals surface area contributed by atoms with Gasteiger partial charge in [0.25, 0.3) is 11.8 Å². The van der Waals surface area contributed by atoms with E-state index in [4.69, 9.17) is 0 Å². The number of amides is 3. The zero-order valence-corrected chi connectivity index (χ0v) is 13.7. The number of carboxylic acid groups (broad SMARTS) is 1. The highest BCUT2D eigenvalue weighted by atomic mass is 16.4. The second-order valence-electron chi connectivity index (χ2n) is 5.89. The lowest BCUT2D eigenvalue weighted by atomic mass is 10.1. The van der Waals surface area contributed by atoms with E-state index in [-0.39, 0.29) is 17.5 Å². The molecule has 2 aromatic rings. The van der Waals surface area contributed by atoms with Crippen molar-refractivity contribution in [1.82, 2.24) is 10.2 Å². The Balaban J connectivity index is 1.67. The molecular formula is C19H16N2O5. The van der Waals surface area contributed by atoms with Crippen LogP contribution >= 0.6 is 0 Å². The van der Waals surface area contributed by atoms with Crippen LogP contribution in [0.4, 0.5) is 0 Å². The van der Waals surface area contributed by atoms with Gasteiger partial charge >= 0.3 is 5.97 Å². The Morgan fingerprint density at radius 2 is 1.46 bits per heavy atom. The third-order valence-corrected chi connectivity index (χ3v) is 4.10. The third-order valence-electron chi connectivity index (χ3n) is 4.10. The van der Waals surface area contributed by atoms with E-state index in [1.165, 1.54) is 12.1 Å². The Morgan fingerprint density at radius 3 is 2.00 bits per heavy atom. The number of rotatable bonds is 6. The van der Waals surface area contributed by atoms with Crippen LogP contribution in [-0.2, 0) is 16.0 Å². The van der Waals surface area contributed by atoms with Crippen LogP contribution in [-0.4, -0.2) is 46.3 Å². The molecule has 26 heavy (non-hydrogen) atoms. The van der Waals surface area contributed by atoms with Crippen LogP contribution in [0.1, 0.15) is 26.3 Å². The molecule has 1 heterocycles.